The lowest BCUT2D eigenvalue weighted by Gasteiger charge is -2.26. The molecule has 8 nitrogen and oxygen atoms in total. The molecule has 0 aromatic carbocycles. The maximum absolute atomic E-state index is 13.1. The molecular formula is C16H18N6O2. The minimum atomic E-state index is -0.582. The van der Waals surface area contributed by atoms with Crippen molar-refractivity contribution in [3.05, 3.63) is 39.9 Å². The summed E-state index contributed by atoms with van der Waals surface area (Å²) < 4.78 is 1.64. The van der Waals surface area contributed by atoms with E-state index < -0.39 is 5.66 Å². The number of nitrogens with zero attached hydrogens (tertiary/aromatic N) is 3. The Morgan fingerprint density at radius 3 is 2.75 bits per heavy atom. The highest BCUT2D eigenvalue weighted by Crippen LogP contribution is 2.38. The van der Waals surface area contributed by atoms with E-state index in [0.717, 1.165) is 31.2 Å². The molecule has 0 atom stereocenters. The normalized spacial score (nSPS) is 17.8. The van der Waals surface area contributed by atoms with Crippen molar-refractivity contribution >= 4 is 23.1 Å². The molecule has 1 spiro atoms. The first-order valence-corrected chi connectivity index (χ1v) is 7.95. The SMILES string of the molecule is Cc1cc(Nc2cnnc(N)c2)c(=O)n2c1C(=O)NC21CCCC1. The molecule has 124 valence electrons. The first-order chi connectivity index (χ1) is 11.5. The van der Waals surface area contributed by atoms with Gasteiger partial charge in [0.05, 0.1) is 11.9 Å². The maximum atomic E-state index is 13.1. The summed E-state index contributed by atoms with van der Waals surface area (Å²) >= 11 is 0. The van der Waals surface area contributed by atoms with Gasteiger partial charge in [0, 0.05) is 6.07 Å². The van der Waals surface area contributed by atoms with Gasteiger partial charge < -0.3 is 16.4 Å². The lowest BCUT2D eigenvalue weighted by Crippen LogP contribution is -2.45. The number of pyridine rings is 1. The average molecular weight is 326 g/mol. The molecule has 4 N–H and O–H groups in total. The Balaban J connectivity index is 1.85. The van der Waals surface area contributed by atoms with Crippen LogP contribution in [0.5, 0.6) is 0 Å². The summed E-state index contributed by atoms with van der Waals surface area (Å²) in [6, 6.07) is 3.30. The molecule has 1 aliphatic heterocycles. The molecule has 2 aromatic heterocycles. The minimum Gasteiger partial charge on any atom is -0.382 e. The Bertz CT molecular complexity index is 898. The standard InChI is InChI=1S/C16H18N6O2/c1-9-6-11(19-10-7-12(17)21-18-8-10)15(24)22-13(9)14(23)20-16(22)4-2-3-5-16/h6-8H,2-5H2,1H3,(H,20,23)(H3,17,19,21). The Morgan fingerprint density at radius 2 is 2.04 bits per heavy atom. The van der Waals surface area contributed by atoms with E-state index in [9.17, 15) is 9.59 Å². The third kappa shape index (κ3) is 2.06. The molecule has 4 rings (SSSR count). The molecule has 0 bridgehead atoms. The number of nitrogen functional groups attached to an aromatic ring is 1. The van der Waals surface area contributed by atoms with Crippen LogP contribution in [-0.4, -0.2) is 20.7 Å². The number of hydrogen-bond donors (Lipinski definition) is 3. The van der Waals surface area contributed by atoms with Gasteiger partial charge in [-0.25, -0.2) is 0 Å². The predicted octanol–water partition coefficient (Wildman–Crippen LogP) is 1.24. The molecule has 24 heavy (non-hydrogen) atoms. The molecule has 1 saturated carbocycles. The molecule has 1 fully saturated rings. The second kappa shape index (κ2) is 5.05. The van der Waals surface area contributed by atoms with Crippen LogP contribution >= 0.6 is 0 Å². The summed E-state index contributed by atoms with van der Waals surface area (Å²) in [6.07, 6.45) is 5.04. The van der Waals surface area contributed by atoms with Gasteiger partial charge in [0.2, 0.25) is 0 Å². The van der Waals surface area contributed by atoms with Crippen LogP contribution in [0.4, 0.5) is 17.2 Å². The van der Waals surface area contributed by atoms with Gasteiger partial charge in [-0.3, -0.25) is 14.2 Å². The minimum absolute atomic E-state index is 0.173. The molecule has 0 radical (unpaired) electrons. The monoisotopic (exact) mass is 326 g/mol. The summed E-state index contributed by atoms with van der Waals surface area (Å²) in [5.41, 5.74) is 7.02. The van der Waals surface area contributed by atoms with E-state index in [0.29, 0.717) is 17.1 Å². The molecule has 3 heterocycles. The number of nitrogens with two attached hydrogens (primary N) is 1. The van der Waals surface area contributed by atoms with Gasteiger partial charge in [0.25, 0.3) is 11.5 Å². The van der Waals surface area contributed by atoms with E-state index in [1.165, 1.54) is 6.20 Å². The van der Waals surface area contributed by atoms with Crippen molar-refractivity contribution in [1.29, 1.82) is 0 Å². The van der Waals surface area contributed by atoms with Crippen molar-refractivity contribution in [3.63, 3.8) is 0 Å². The van der Waals surface area contributed by atoms with Crippen LogP contribution in [0.15, 0.2) is 23.1 Å². The van der Waals surface area contributed by atoms with E-state index in [1.807, 2.05) is 6.92 Å². The number of anilines is 3. The highest BCUT2D eigenvalue weighted by molar-refractivity contribution is 5.97. The zero-order valence-electron chi connectivity index (χ0n) is 13.3. The van der Waals surface area contributed by atoms with Crippen LogP contribution in [0.2, 0.25) is 0 Å². The molecule has 1 amide bonds. The Hall–Kier alpha value is -2.90. The Labute approximate surface area is 138 Å². The summed E-state index contributed by atoms with van der Waals surface area (Å²) in [5, 5.41) is 13.6. The van der Waals surface area contributed by atoms with Crippen LogP contribution < -0.4 is 21.9 Å². The highest BCUT2D eigenvalue weighted by atomic mass is 16.2. The lowest BCUT2D eigenvalue weighted by atomic mass is 10.1. The van der Waals surface area contributed by atoms with E-state index in [1.54, 1.807) is 16.7 Å². The van der Waals surface area contributed by atoms with Crippen LogP contribution in [0, 0.1) is 6.92 Å². The van der Waals surface area contributed by atoms with Crippen molar-refractivity contribution in [2.75, 3.05) is 11.1 Å². The molecular weight excluding hydrogens is 308 g/mol. The lowest BCUT2D eigenvalue weighted by molar-refractivity contribution is 0.0920. The fourth-order valence-electron chi connectivity index (χ4n) is 3.77. The molecule has 8 heteroatoms. The van der Waals surface area contributed by atoms with Gasteiger partial charge in [-0.2, -0.15) is 5.10 Å². The van der Waals surface area contributed by atoms with Gasteiger partial charge in [-0.05, 0) is 44.2 Å². The number of hydrogen-bond acceptors (Lipinski definition) is 6. The predicted molar refractivity (Wildman–Crippen MR) is 89.1 cm³/mol. The largest absolute Gasteiger partial charge is 0.382 e. The Morgan fingerprint density at radius 1 is 1.29 bits per heavy atom. The fourth-order valence-corrected chi connectivity index (χ4v) is 3.77. The second-order valence-electron chi connectivity index (χ2n) is 6.42. The molecule has 0 saturated heterocycles. The third-order valence-corrected chi connectivity index (χ3v) is 4.76. The van der Waals surface area contributed by atoms with Crippen LogP contribution in [0.1, 0.15) is 41.7 Å². The van der Waals surface area contributed by atoms with Crippen molar-refractivity contribution in [2.45, 2.75) is 38.3 Å². The number of aromatic nitrogens is 3. The fraction of sp³-hybridized carbons (Fsp3) is 0.375. The zero-order chi connectivity index (χ0) is 16.9. The van der Waals surface area contributed by atoms with Gasteiger partial charge in [-0.15, -0.1) is 5.10 Å². The van der Waals surface area contributed by atoms with Crippen molar-refractivity contribution in [2.24, 2.45) is 0 Å². The van der Waals surface area contributed by atoms with Crippen molar-refractivity contribution < 1.29 is 4.79 Å². The first kappa shape index (κ1) is 14.7. The number of amides is 1. The average Bonchev–Trinajstić information content (AvgIpc) is 3.10. The summed E-state index contributed by atoms with van der Waals surface area (Å²) in [4.78, 5) is 25.4. The van der Waals surface area contributed by atoms with Gasteiger partial charge in [-0.1, -0.05) is 0 Å². The molecule has 0 unspecified atom stereocenters. The highest BCUT2D eigenvalue weighted by Gasteiger charge is 2.46. The first-order valence-electron chi connectivity index (χ1n) is 7.95. The molecule has 1 aliphatic carbocycles. The van der Waals surface area contributed by atoms with Gasteiger partial charge in [0.1, 0.15) is 22.9 Å². The van der Waals surface area contributed by atoms with E-state index in [2.05, 4.69) is 20.8 Å². The van der Waals surface area contributed by atoms with Crippen LogP contribution in [0.3, 0.4) is 0 Å². The number of fused-ring (bicyclic) bond motifs is 2. The summed E-state index contributed by atoms with van der Waals surface area (Å²) in [5.74, 6) is 0.0926. The third-order valence-electron chi connectivity index (χ3n) is 4.76. The zero-order valence-corrected chi connectivity index (χ0v) is 13.3. The number of aryl methyl sites for hydroxylation is 1. The van der Waals surface area contributed by atoms with E-state index >= 15 is 0 Å². The maximum Gasteiger partial charge on any atom is 0.276 e. The quantitative estimate of drug-likeness (QED) is 0.765. The number of carbonyl (C=O) groups excluding carboxylic acids is 1. The van der Waals surface area contributed by atoms with E-state index in [4.69, 9.17) is 5.73 Å². The van der Waals surface area contributed by atoms with Crippen LogP contribution in [0.25, 0.3) is 0 Å². The van der Waals surface area contributed by atoms with E-state index in [-0.39, 0.29) is 17.3 Å². The number of nitrogens with one attached hydrogen (secondary N) is 2. The Kier molecular flexibility index (Phi) is 3.09. The second-order valence-corrected chi connectivity index (χ2v) is 6.42. The molecule has 2 aromatic rings. The topological polar surface area (TPSA) is 115 Å². The number of carbonyl (C=O) groups is 1. The summed E-state index contributed by atoms with van der Waals surface area (Å²) in [6.45, 7) is 1.84. The molecule has 2 aliphatic rings. The van der Waals surface area contributed by atoms with Crippen molar-refractivity contribution in [1.82, 2.24) is 20.1 Å². The van der Waals surface area contributed by atoms with Gasteiger partial charge >= 0.3 is 0 Å². The van der Waals surface area contributed by atoms with Crippen molar-refractivity contribution in [3.8, 4) is 0 Å². The summed E-state index contributed by atoms with van der Waals surface area (Å²) in [7, 11) is 0. The van der Waals surface area contributed by atoms with Crippen LogP contribution in [-0.2, 0) is 5.66 Å². The smallest absolute Gasteiger partial charge is 0.276 e. The van der Waals surface area contributed by atoms with Gasteiger partial charge in [0.15, 0.2) is 0 Å². The number of rotatable bonds is 2.